The zero-order valence-corrected chi connectivity index (χ0v) is 7.06. The molecule has 68 valence electrons. The van der Waals surface area contributed by atoms with Crippen LogP contribution in [0.3, 0.4) is 0 Å². The Balaban J connectivity index is 3.09. The number of aromatic nitrogens is 2. The van der Waals surface area contributed by atoms with Gasteiger partial charge in [-0.05, 0) is 0 Å². The van der Waals surface area contributed by atoms with Crippen molar-refractivity contribution in [2.45, 2.75) is 11.4 Å². The number of nitrogens with zero attached hydrogens (tertiary/aromatic N) is 2. The van der Waals surface area contributed by atoms with E-state index in [0.717, 1.165) is 6.20 Å². The zero-order chi connectivity index (χ0) is 9.35. The summed E-state index contributed by atoms with van der Waals surface area (Å²) in [5.41, 5.74) is 0. The first-order valence-corrected chi connectivity index (χ1v) is 4.99. The van der Waals surface area contributed by atoms with Gasteiger partial charge in [0.15, 0.2) is 0 Å². The fourth-order valence-electron chi connectivity index (χ4n) is 0.553. The molecule has 0 aliphatic rings. The number of halogens is 3. The summed E-state index contributed by atoms with van der Waals surface area (Å²) >= 11 is 0. The van der Waals surface area contributed by atoms with Crippen molar-refractivity contribution in [3.63, 3.8) is 0 Å². The molecule has 8 heteroatoms. The van der Waals surface area contributed by atoms with E-state index in [1.165, 1.54) is 0 Å². The molecule has 0 saturated carbocycles. The molecule has 0 fully saturated rings. The second kappa shape index (κ2) is 2.98. The minimum atomic E-state index is -3.96. The van der Waals surface area contributed by atoms with E-state index in [4.69, 9.17) is 10.7 Å². The smallest absolute Gasteiger partial charge is 0.210 e. The Kier molecular flexibility index (Phi) is 2.34. The van der Waals surface area contributed by atoms with Gasteiger partial charge in [-0.25, -0.2) is 13.1 Å². The molecule has 0 radical (unpaired) electrons. The summed E-state index contributed by atoms with van der Waals surface area (Å²) in [4.78, 5) is -0.440. The van der Waals surface area contributed by atoms with Crippen LogP contribution in [0.5, 0.6) is 0 Å². The highest BCUT2D eigenvalue weighted by atomic mass is 35.7. The van der Waals surface area contributed by atoms with Crippen molar-refractivity contribution in [2.75, 3.05) is 0 Å². The maximum Gasteiger partial charge on any atom is 0.333 e. The number of hydrogen-bond donors (Lipinski definition) is 0. The lowest BCUT2D eigenvalue weighted by Gasteiger charge is -1.94. The predicted octanol–water partition coefficient (Wildman–Crippen LogP) is 1.21. The lowest BCUT2D eigenvalue weighted by molar-refractivity contribution is 0.0564. The number of rotatable bonds is 2. The van der Waals surface area contributed by atoms with Crippen LogP contribution in [0, 0.1) is 0 Å². The lowest BCUT2D eigenvalue weighted by atomic mass is 10.7. The molecule has 0 amide bonds. The first-order valence-electron chi connectivity index (χ1n) is 2.68. The molecule has 1 aromatic rings. The van der Waals surface area contributed by atoms with Crippen LogP contribution < -0.4 is 0 Å². The van der Waals surface area contributed by atoms with Gasteiger partial charge in [0.1, 0.15) is 4.90 Å². The second-order valence-corrected chi connectivity index (χ2v) is 4.44. The molecule has 1 heterocycles. The Morgan fingerprint density at radius 3 is 2.42 bits per heavy atom. The van der Waals surface area contributed by atoms with Crippen molar-refractivity contribution in [1.82, 2.24) is 9.78 Å². The summed E-state index contributed by atoms with van der Waals surface area (Å²) < 4.78 is 44.9. The molecule has 0 atom stereocenters. The van der Waals surface area contributed by atoms with Crippen LogP contribution in [0.15, 0.2) is 17.3 Å². The predicted molar refractivity (Wildman–Crippen MR) is 36.5 cm³/mol. The Morgan fingerprint density at radius 2 is 2.17 bits per heavy atom. The Bertz CT molecular complexity index is 374. The van der Waals surface area contributed by atoms with E-state index >= 15 is 0 Å². The second-order valence-electron chi connectivity index (χ2n) is 1.87. The van der Waals surface area contributed by atoms with Gasteiger partial charge in [0.25, 0.3) is 9.05 Å². The van der Waals surface area contributed by atoms with E-state index in [-0.39, 0.29) is 4.68 Å². The minimum Gasteiger partial charge on any atom is -0.210 e. The van der Waals surface area contributed by atoms with Gasteiger partial charge in [0, 0.05) is 10.7 Å². The fraction of sp³-hybridized carbons (Fsp3) is 0.250. The molecule has 0 N–H and O–H groups in total. The topological polar surface area (TPSA) is 52.0 Å². The zero-order valence-electron chi connectivity index (χ0n) is 5.49. The van der Waals surface area contributed by atoms with Crippen molar-refractivity contribution in [3.8, 4) is 0 Å². The average molecular weight is 217 g/mol. The van der Waals surface area contributed by atoms with Crippen molar-refractivity contribution < 1.29 is 17.2 Å². The molecule has 0 unspecified atom stereocenters. The largest absolute Gasteiger partial charge is 0.333 e. The van der Waals surface area contributed by atoms with Gasteiger partial charge in [-0.1, -0.05) is 0 Å². The quantitative estimate of drug-likeness (QED) is 0.698. The standard InChI is InChI=1S/C4H3ClF2N2O2S/c5-12(10,11)3-1-8-9(2-3)4(6)7/h1-2,4H. The lowest BCUT2D eigenvalue weighted by Crippen LogP contribution is -1.97. The van der Waals surface area contributed by atoms with Crippen LogP contribution in [-0.2, 0) is 9.05 Å². The van der Waals surface area contributed by atoms with Gasteiger partial charge in [-0.15, -0.1) is 0 Å². The average Bonchev–Trinajstić information content (AvgIpc) is 2.30. The van der Waals surface area contributed by atoms with Crippen LogP contribution >= 0.6 is 10.7 Å². The van der Waals surface area contributed by atoms with Crippen molar-refractivity contribution in [1.29, 1.82) is 0 Å². The van der Waals surface area contributed by atoms with Crippen LogP contribution in [0.4, 0.5) is 8.78 Å². The van der Waals surface area contributed by atoms with Crippen LogP contribution in [0.2, 0.25) is 0 Å². The van der Waals surface area contributed by atoms with Crippen LogP contribution in [0.1, 0.15) is 6.55 Å². The Labute approximate surface area is 71.2 Å². The number of alkyl halides is 2. The minimum absolute atomic E-state index is 0.204. The highest BCUT2D eigenvalue weighted by molar-refractivity contribution is 8.13. The summed E-state index contributed by atoms with van der Waals surface area (Å²) in [6, 6.07) is 0. The summed E-state index contributed by atoms with van der Waals surface area (Å²) in [7, 11) is 0.891. The van der Waals surface area contributed by atoms with Gasteiger partial charge in [-0.2, -0.15) is 13.9 Å². The van der Waals surface area contributed by atoms with Crippen molar-refractivity contribution in [3.05, 3.63) is 12.4 Å². The third kappa shape index (κ3) is 1.92. The Hall–Kier alpha value is -0.690. The summed E-state index contributed by atoms with van der Waals surface area (Å²) in [5.74, 6) is 0. The highest BCUT2D eigenvalue weighted by Crippen LogP contribution is 2.16. The Morgan fingerprint density at radius 1 is 1.58 bits per heavy atom. The summed E-state index contributed by atoms with van der Waals surface area (Å²) in [6.07, 6.45) is 1.42. The van der Waals surface area contributed by atoms with Gasteiger partial charge in [0.05, 0.1) is 12.4 Å². The van der Waals surface area contributed by atoms with E-state index in [0.29, 0.717) is 6.20 Å². The fourth-order valence-corrected chi connectivity index (χ4v) is 1.20. The van der Waals surface area contributed by atoms with Gasteiger partial charge in [-0.3, -0.25) is 0 Å². The van der Waals surface area contributed by atoms with Crippen LogP contribution in [0.25, 0.3) is 0 Å². The van der Waals surface area contributed by atoms with E-state index in [1.807, 2.05) is 0 Å². The molecule has 1 rings (SSSR count). The van der Waals surface area contributed by atoms with Gasteiger partial charge >= 0.3 is 6.55 Å². The molecule has 0 aliphatic carbocycles. The molecule has 0 bridgehead atoms. The van der Waals surface area contributed by atoms with E-state index in [2.05, 4.69) is 5.10 Å². The molecule has 0 saturated heterocycles. The van der Waals surface area contributed by atoms with E-state index in [1.54, 1.807) is 0 Å². The monoisotopic (exact) mass is 216 g/mol. The van der Waals surface area contributed by atoms with Crippen molar-refractivity contribution >= 4 is 19.7 Å². The normalized spacial score (nSPS) is 12.3. The number of hydrogen-bond acceptors (Lipinski definition) is 3. The molecular weight excluding hydrogens is 214 g/mol. The van der Waals surface area contributed by atoms with Gasteiger partial charge < -0.3 is 0 Å². The molecule has 1 aromatic heterocycles. The third-order valence-electron chi connectivity index (χ3n) is 1.06. The molecular formula is C4H3ClF2N2O2S. The maximum atomic E-state index is 11.8. The molecule has 4 nitrogen and oxygen atoms in total. The van der Waals surface area contributed by atoms with Gasteiger partial charge in [0.2, 0.25) is 0 Å². The van der Waals surface area contributed by atoms with E-state index < -0.39 is 20.5 Å². The maximum absolute atomic E-state index is 11.8. The van der Waals surface area contributed by atoms with Crippen LogP contribution in [-0.4, -0.2) is 18.2 Å². The molecule has 0 spiro atoms. The molecule has 0 aliphatic heterocycles. The summed E-state index contributed by atoms with van der Waals surface area (Å²) in [6.45, 7) is -2.86. The first-order chi connectivity index (χ1) is 5.41. The molecule has 0 aromatic carbocycles. The van der Waals surface area contributed by atoms with Crippen molar-refractivity contribution in [2.24, 2.45) is 0 Å². The SMILES string of the molecule is O=S(=O)(Cl)c1cnn(C(F)F)c1. The third-order valence-corrected chi connectivity index (χ3v) is 2.37. The first kappa shape index (κ1) is 9.40. The highest BCUT2D eigenvalue weighted by Gasteiger charge is 2.15. The molecule has 12 heavy (non-hydrogen) atoms. The summed E-state index contributed by atoms with van der Waals surface area (Å²) in [5, 5.41) is 3.09. The van der Waals surface area contributed by atoms with E-state index in [9.17, 15) is 17.2 Å².